The van der Waals surface area contributed by atoms with Gasteiger partial charge in [-0.2, -0.15) is 9.97 Å². The maximum atomic E-state index is 12.1. The van der Waals surface area contributed by atoms with E-state index in [1.165, 1.54) is 37.7 Å². The minimum Gasteiger partial charge on any atom is -0.369 e. The van der Waals surface area contributed by atoms with E-state index in [4.69, 9.17) is 15.0 Å². The lowest BCUT2D eigenvalue weighted by atomic mass is 10.0. The van der Waals surface area contributed by atoms with Crippen molar-refractivity contribution in [1.82, 2.24) is 29.3 Å². The van der Waals surface area contributed by atoms with E-state index in [1.54, 1.807) is 6.33 Å². The lowest BCUT2D eigenvalue weighted by Gasteiger charge is -2.42. The third-order valence-corrected chi connectivity index (χ3v) is 10.7. The number of nitrogens with zero attached hydrogens (tertiary/aromatic N) is 8. The highest BCUT2D eigenvalue weighted by molar-refractivity contribution is 5.99. The zero-order valence-corrected chi connectivity index (χ0v) is 31.4. The molecule has 4 heterocycles. The van der Waals surface area contributed by atoms with Crippen LogP contribution in [-0.2, 0) is 17.9 Å². The molecule has 2 N–H and O–H groups in total. The Bertz CT molecular complexity index is 2170. The smallest absolute Gasteiger partial charge is 0.247 e. The highest BCUT2D eigenvalue weighted by Crippen LogP contribution is 2.31. The van der Waals surface area contributed by atoms with Crippen LogP contribution in [0, 0.1) is 0 Å². The molecule has 0 bridgehead atoms. The molecule has 8 rings (SSSR count). The van der Waals surface area contributed by atoms with E-state index < -0.39 is 0 Å². The summed E-state index contributed by atoms with van der Waals surface area (Å²) in [6.07, 6.45) is 5.56. The second-order valence-corrected chi connectivity index (χ2v) is 14.5. The molecule has 2 aromatic heterocycles. The number of imidazole rings is 1. The molecule has 0 aliphatic carbocycles. The lowest BCUT2D eigenvalue weighted by molar-refractivity contribution is -0.111. The van der Waals surface area contributed by atoms with Crippen molar-refractivity contribution in [3.63, 3.8) is 0 Å². The first-order valence-electron chi connectivity index (χ1n) is 19.2. The Morgan fingerprint density at radius 2 is 1.45 bits per heavy atom. The maximum absolute atomic E-state index is 12.1. The molecule has 2 saturated heterocycles. The summed E-state index contributed by atoms with van der Waals surface area (Å²) in [6, 6.07) is 37.8. The van der Waals surface area contributed by atoms with E-state index in [0.29, 0.717) is 47.7 Å². The molecule has 2 aliphatic rings. The normalized spacial score (nSPS) is 15.5. The Morgan fingerprint density at radius 1 is 0.782 bits per heavy atom. The lowest BCUT2D eigenvalue weighted by Crippen LogP contribution is -2.52. The van der Waals surface area contributed by atoms with Crippen LogP contribution in [0.2, 0.25) is 0 Å². The molecule has 0 atom stereocenters. The van der Waals surface area contributed by atoms with E-state index >= 15 is 0 Å². The van der Waals surface area contributed by atoms with Gasteiger partial charge in [-0.1, -0.05) is 73.3 Å². The van der Waals surface area contributed by atoms with Gasteiger partial charge in [0, 0.05) is 62.4 Å². The third-order valence-electron chi connectivity index (χ3n) is 10.7. The van der Waals surface area contributed by atoms with Crippen molar-refractivity contribution in [2.45, 2.75) is 32.0 Å². The number of fused-ring (bicyclic) bond motifs is 1. The van der Waals surface area contributed by atoms with Crippen molar-refractivity contribution >= 4 is 45.9 Å². The van der Waals surface area contributed by atoms with Gasteiger partial charge in [-0.05, 0) is 92.6 Å². The van der Waals surface area contributed by atoms with Gasteiger partial charge in [-0.15, -0.1) is 0 Å². The number of piperazine rings is 1. The van der Waals surface area contributed by atoms with Gasteiger partial charge in [-0.3, -0.25) is 14.3 Å². The molecule has 2 fully saturated rings. The quantitative estimate of drug-likeness (QED) is 0.128. The first-order chi connectivity index (χ1) is 27.0. The Labute approximate surface area is 322 Å². The van der Waals surface area contributed by atoms with E-state index in [0.717, 1.165) is 48.7 Å². The highest BCUT2D eigenvalue weighted by atomic mass is 16.1. The number of hydrogen-bond donors (Lipinski definition) is 2. The van der Waals surface area contributed by atoms with Crippen LogP contribution < -0.4 is 20.4 Å². The average Bonchev–Trinajstić information content (AvgIpc) is 3.66. The number of nitrogens with one attached hydrogen (secondary N) is 2. The van der Waals surface area contributed by atoms with E-state index in [2.05, 4.69) is 117 Å². The summed E-state index contributed by atoms with van der Waals surface area (Å²) in [6.45, 7) is 11.5. The van der Waals surface area contributed by atoms with Gasteiger partial charge in [0.1, 0.15) is 6.33 Å². The molecule has 0 saturated carbocycles. The van der Waals surface area contributed by atoms with Crippen molar-refractivity contribution in [2.24, 2.45) is 0 Å². The molecule has 1 amide bonds. The van der Waals surface area contributed by atoms with Crippen LogP contribution in [0.5, 0.6) is 0 Å². The minimum atomic E-state index is -0.276. The van der Waals surface area contributed by atoms with E-state index in [-0.39, 0.29) is 5.91 Å². The Kier molecular flexibility index (Phi) is 10.8. The fraction of sp³-hybridized carbons (Fsp3) is 0.273. The van der Waals surface area contributed by atoms with Crippen molar-refractivity contribution in [3.05, 3.63) is 139 Å². The standard InChI is InChI=1S/C44H48N10O/c1-3-40(55)46-36-15-10-16-39(29-36)54-32-45-41-42(53(30-33-11-6-4-7-12-33)31-34-13-8-5-9-14-34)48-44(49-43(41)54)47-35-17-19-37(20-18-35)51-25-27-52(28-26-51)38-21-23-50(2)24-22-38/h3-20,29,32,38H,1,21-28,30-31H2,2H3,(H,46,55)(H,47,48,49). The number of likely N-dealkylation sites (tertiary alicyclic amines) is 1. The summed E-state index contributed by atoms with van der Waals surface area (Å²) < 4.78 is 1.94. The number of amides is 1. The number of hydrogen-bond acceptors (Lipinski definition) is 9. The van der Waals surface area contributed by atoms with Gasteiger partial charge in [0.05, 0.1) is 5.69 Å². The fourth-order valence-corrected chi connectivity index (χ4v) is 7.68. The van der Waals surface area contributed by atoms with Crippen LogP contribution in [-0.4, -0.2) is 87.6 Å². The molecule has 0 radical (unpaired) electrons. The third kappa shape index (κ3) is 8.53. The van der Waals surface area contributed by atoms with E-state index in [1.807, 2.05) is 41.0 Å². The predicted octanol–water partition coefficient (Wildman–Crippen LogP) is 7.11. The van der Waals surface area contributed by atoms with Crippen LogP contribution in [0.4, 0.5) is 28.8 Å². The molecular weight excluding hydrogens is 685 g/mol. The number of carbonyl (C=O) groups is 1. The number of piperidine rings is 1. The number of benzene rings is 4. The second kappa shape index (κ2) is 16.5. The molecule has 6 aromatic rings. The Balaban J connectivity index is 1.10. The minimum absolute atomic E-state index is 0.276. The van der Waals surface area contributed by atoms with E-state index in [9.17, 15) is 4.79 Å². The van der Waals surface area contributed by atoms with Crippen molar-refractivity contribution in [3.8, 4) is 5.69 Å². The van der Waals surface area contributed by atoms with Crippen LogP contribution in [0.15, 0.2) is 128 Å². The molecule has 4 aromatic carbocycles. The van der Waals surface area contributed by atoms with Crippen LogP contribution in [0.3, 0.4) is 0 Å². The van der Waals surface area contributed by atoms with Crippen molar-refractivity contribution < 1.29 is 4.79 Å². The number of rotatable bonds is 12. The SMILES string of the molecule is C=CC(=O)Nc1cccc(-n2cnc3c(N(Cc4ccccc4)Cc4ccccc4)nc(Nc4ccc(N5CCN(C6CCN(C)CC6)CC5)cc4)nc32)c1. The summed E-state index contributed by atoms with van der Waals surface area (Å²) in [5.74, 6) is 0.905. The summed E-state index contributed by atoms with van der Waals surface area (Å²) in [5.41, 5.74) is 7.21. The predicted molar refractivity (Wildman–Crippen MR) is 222 cm³/mol. The first-order valence-corrected chi connectivity index (χ1v) is 19.2. The first kappa shape index (κ1) is 36.0. The monoisotopic (exact) mass is 732 g/mol. The molecule has 0 spiro atoms. The maximum Gasteiger partial charge on any atom is 0.247 e. The van der Waals surface area contributed by atoms with Gasteiger partial charge < -0.3 is 25.3 Å². The molecular formula is C44H48N10O. The molecule has 0 unspecified atom stereocenters. The highest BCUT2D eigenvalue weighted by Gasteiger charge is 2.27. The van der Waals surface area contributed by atoms with Crippen molar-refractivity contribution in [1.29, 1.82) is 0 Å². The Hall–Kier alpha value is -6.04. The van der Waals surface area contributed by atoms with Gasteiger partial charge in [0.2, 0.25) is 11.9 Å². The summed E-state index contributed by atoms with van der Waals surface area (Å²) >= 11 is 0. The van der Waals surface area contributed by atoms with Gasteiger partial charge >= 0.3 is 0 Å². The van der Waals surface area contributed by atoms with Crippen LogP contribution in [0.1, 0.15) is 24.0 Å². The zero-order valence-electron chi connectivity index (χ0n) is 31.4. The number of carbonyl (C=O) groups excluding carboxylic acids is 1. The largest absolute Gasteiger partial charge is 0.369 e. The molecule has 11 nitrogen and oxygen atoms in total. The number of aromatic nitrogens is 4. The molecule has 2 aliphatic heterocycles. The van der Waals surface area contributed by atoms with Gasteiger partial charge in [0.25, 0.3) is 0 Å². The fourth-order valence-electron chi connectivity index (χ4n) is 7.68. The van der Waals surface area contributed by atoms with Gasteiger partial charge in [0.15, 0.2) is 17.0 Å². The Morgan fingerprint density at radius 3 is 2.11 bits per heavy atom. The number of anilines is 5. The molecule has 280 valence electrons. The van der Waals surface area contributed by atoms with Crippen molar-refractivity contribution in [2.75, 3.05) is 66.7 Å². The zero-order chi connectivity index (χ0) is 37.6. The second-order valence-electron chi connectivity index (χ2n) is 14.5. The average molecular weight is 733 g/mol. The summed E-state index contributed by atoms with van der Waals surface area (Å²) in [7, 11) is 2.23. The van der Waals surface area contributed by atoms with Gasteiger partial charge in [-0.25, -0.2) is 4.98 Å². The topological polar surface area (TPSA) is 97.7 Å². The summed E-state index contributed by atoms with van der Waals surface area (Å²) in [4.78, 5) is 37.2. The molecule has 55 heavy (non-hydrogen) atoms. The summed E-state index contributed by atoms with van der Waals surface area (Å²) in [5, 5.41) is 6.39. The van der Waals surface area contributed by atoms with Crippen LogP contribution >= 0.6 is 0 Å². The molecule has 11 heteroatoms. The van der Waals surface area contributed by atoms with Crippen LogP contribution in [0.25, 0.3) is 16.9 Å².